The highest BCUT2D eigenvalue weighted by molar-refractivity contribution is 5.95. The fourth-order valence-electron chi connectivity index (χ4n) is 2.90. The molecule has 34 heavy (non-hydrogen) atoms. The molecule has 0 radical (unpaired) electrons. The van der Waals surface area contributed by atoms with Gasteiger partial charge >= 0.3 is 11.9 Å². The Bertz CT molecular complexity index is 745. The first-order valence-electron chi connectivity index (χ1n) is 10.9. The van der Waals surface area contributed by atoms with E-state index in [1.54, 1.807) is 13.8 Å². The summed E-state index contributed by atoms with van der Waals surface area (Å²) in [4.78, 5) is 71.2. The normalized spacial score (nSPS) is 14.4. The minimum Gasteiger partial charge on any atom is -0.481 e. The molecule has 0 saturated carbocycles. The third kappa shape index (κ3) is 12.1. The van der Waals surface area contributed by atoms with Crippen LogP contribution in [0.5, 0.6) is 0 Å². The van der Waals surface area contributed by atoms with E-state index in [0.29, 0.717) is 25.8 Å². The Balaban J connectivity index is 5.43. The van der Waals surface area contributed by atoms with Crippen LogP contribution in [0.25, 0.3) is 0 Å². The highest BCUT2D eigenvalue weighted by atomic mass is 16.4. The van der Waals surface area contributed by atoms with Crippen LogP contribution in [0, 0.1) is 5.92 Å². The molecule has 0 aromatic rings. The molecular weight excluding hydrogens is 452 g/mol. The van der Waals surface area contributed by atoms with Gasteiger partial charge in [-0.1, -0.05) is 20.3 Å². The van der Waals surface area contributed by atoms with Crippen molar-refractivity contribution in [2.75, 3.05) is 6.54 Å². The topological polar surface area (TPSA) is 257 Å². The number of nitrogens with two attached hydrogens (primary N) is 3. The van der Waals surface area contributed by atoms with E-state index in [0.717, 1.165) is 0 Å². The van der Waals surface area contributed by atoms with Crippen molar-refractivity contribution in [3.63, 3.8) is 0 Å². The van der Waals surface area contributed by atoms with Crippen LogP contribution in [0.15, 0.2) is 0 Å². The molecule has 0 aromatic heterocycles. The lowest BCUT2D eigenvalue weighted by atomic mass is 10.0. The van der Waals surface area contributed by atoms with Crippen molar-refractivity contribution in [2.24, 2.45) is 23.1 Å². The monoisotopic (exact) mass is 488 g/mol. The third-order valence-corrected chi connectivity index (χ3v) is 4.86. The van der Waals surface area contributed by atoms with Gasteiger partial charge < -0.3 is 43.4 Å². The fraction of sp³-hybridized carbons (Fsp3) is 0.700. The summed E-state index contributed by atoms with van der Waals surface area (Å²) >= 11 is 0. The van der Waals surface area contributed by atoms with E-state index in [9.17, 15) is 28.8 Å². The van der Waals surface area contributed by atoms with E-state index in [-0.39, 0.29) is 12.8 Å². The lowest BCUT2D eigenvalue weighted by Gasteiger charge is -2.26. The minimum absolute atomic E-state index is 0.161. The lowest BCUT2D eigenvalue weighted by Crippen LogP contribution is -2.58. The zero-order valence-corrected chi connectivity index (χ0v) is 19.4. The summed E-state index contributed by atoms with van der Waals surface area (Å²) in [5, 5.41) is 24.9. The van der Waals surface area contributed by atoms with Gasteiger partial charge in [0.15, 0.2) is 0 Å². The van der Waals surface area contributed by atoms with E-state index in [1.165, 1.54) is 0 Å². The number of primary amides is 1. The predicted octanol–water partition coefficient (Wildman–Crippen LogP) is -2.62. The first kappa shape index (κ1) is 30.7. The van der Waals surface area contributed by atoms with Gasteiger partial charge in [0.25, 0.3) is 0 Å². The fourth-order valence-corrected chi connectivity index (χ4v) is 2.90. The third-order valence-electron chi connectivity index (χ3n) is 4.86. The van der Waals surface area contributed by atoms with Crippen molar-refractivity contribution < 1.29 is 39.0 Å². The molecule has 0 aromatic carbocycles. The number of unbranched alkanes of at least 4 members (excludes halogenated alkanes) is 1. The van der Waals surface area contributed by atoms with Crippen LogP contribution in [0.4, 0.5) is 0 Å². The van der Waals surface area contributed by atoms with E-state index < -0.39 is 72.1 Å². The van der Waals surface area contributed by atoms with Crippen molar-refractivity contribution in [3.05, 3.63) is 0 Å². The van der Waals surface area contributed by atoms with Gasteiger partial charge in [-0.25, -0.2) is 4.79 Å². The summed E-state index contributed by atoms with van der Waals surface area (Å²) in [5.74, 6) is -6.61. The molecule has 0 aliphatic rings. The molecule has 0 rings (SSSR count). The number of carboxylic acid groups (broad SMARTS) is 2. The quantitative estimate of drug-likeness (QED) is 0.0988. The van der Waals surface area contributed by atoms with Crippen molar-refractivity contribution in [3.8, 4) is 0 Å². The number of carbonyl (C=O) groups is 6. The molecule has 0 bridgehead atoms. The first-order valence-corrected chi connectivity index (χ1v) is 10.9. The Morgan fingerprint density at radius 3 is 1.88 bits per heavy atom. The number of aliphatic carboxylic acids is 2. The van der Waals surface area contributed by atoms with Crippen LogP contribution in [0.3, 0.4) is 0 Å². The number of carbonyl (C=O) groups excluding carboxylic acids is 4. The van der Waals surface area contributed by atoms with Gasteiger partial charge in [-0.2, -0.15) is 0 Å². The van der Waals surface area contributed by atoms with Crippen molar-refractivity contribution >= 4 is 35.6 Å². The molecule has 14 nitrogen and oxygen atoms in total. The van der Waals surface area contributed by atoms with E-state index >= 15 is 0 Å². The largest absolute Gasteiger partial charge is 0.481 e. The van der Waals surface area contributed by atoms with Gasteiger partial charge in [0.1, 0.15) is 18.1 Å². The van der Waals surface area contributed by atoms with Crippen LogP contribution in [-0.4, -0.2) is 76.5 Å². The zero-order chi connectivity index (χ0) is 26.4. The molecule has 4 amide bonds. The Morgan fingerprint density at radius 1 is 0.824 bits per heavy atom. The van der Waals surface area contributed by atoms with Gasteiger partial charge in [0.2, 0.25) is 23.6 Å². The van der Waals surface area contributed by atoms with Crippen molar-refractivity contribution in [2.45, 2.75) is 76.5 Å². The standard InChI is InChI=1S/C20H36N6O8/c1-10(2)16(19(32)25-13(20(33)34)9-15(28)29)26-18(31)12(6-7-14(23)27)24-17(30)11(22)5-3-4-8-21/h10-13,16H,3-9,21-22H2,1-2H3,(H2,23,27)(H,24,30)(H,25,32)(H,26,31)(H,28,29)(H,33,34). The second-order valence-corrected chi connectivity index (χ2v) is 8.18. The Hall–Kier alpha value is -3.26. The molecular formula is C20H36N6O8. The summed E-state index contributed by atoms with van der Waals surface area (Å²) in [7, 11) is 0. The van der Waals surface area contributed by atoms with Crippen LogP contribution in [-0.2, 0) is 28.8 Å². The van der Waals surface area contributed by atoms with Crippen molar-refractivity contribution in [1.29, 1.82) is 0 Å². The van der Waals surface area contributed by atoms with Crippen LogP contribution >= 0.6 is 0 Å². The van der Waals surface area contributed by atoms with Gasteiger partial charge in [0.05, 0.1) is 12.5 Å². The number of amides is 4. The SMILES string of the molecule is CC(C)C(NC(=O)C(CCC(N)=O)NC(=O)C(N)CCCCN)C(=O)NC(CC(=O)O)C(=O)O. The van der Waals surface area contributed by atoms with E-state index in [1.807, 2.05) is 0 Å². The molecule has 4 atom stereocenters. The molecule has 4 unspecified atom stereocenters. The van der Waals surface area contributed by atoms with E-state index in [2.05, 4.69) is 16.0 Å². The summed E-state index contributed by atoms with van der Waals surface area (Å²) < 4.78 is 0. The molecule has 0 aliphatic heterocycles. The highest BCUT2D eigenvalue weighted by Crippen LogP contribution is 2.07. The summed E-state index contributed by atoms with van der Waals surface area (Å²) in [6.45, 7) is 3.58. The molecule has 0 spiro atoms. The summed E-state index contributed by atoms with van der Waals surface area (Å²) in [6.07, 6.45) is 0.324. The Labute approximate surface area is 197 Å². The lowest BCUT2D eigenvalue weighted by molar-refractivity contribution is -0.147. The average Bonchev–Trinajstić information content (AvgIpc) is 2.73. The van der Waals surface area contributed by atoms with Crippen LogP contribution in [0.1, 0.15) is 52.4 Å². The van der Waals surface area contributed by atoms with Crippen LogP contribution in [0.2, 0.25) is 0 Å². The molecule has 11 N–H and O–H groups in total. The smallest absolute Gasteiger partial charge is 0.326 e. The van der Waals surface area contributed by atoms with E-state index in [4.69, 9.17) is 27.4 Å². The molecule has 0 fully saturated rings. The number of hydrogen-bond acceptors (Lipinski definition) is 8. The van der Waals surface area contributed by atoms with Gasteiger partial charge in [-0.05, 0) is 31.7 Å². The molecule has 0 heterocycles. The molecule has 14 heteroatoms. The average molecular weight is 489 g/mol. The van der Waals surface area contributed by atoms with Crippen molar-refractivity contribution in [1.82, 2.24) is 16.0 Å². The van der Waals surface area contributed by atoms with Gasteiger partial charge in [-0.3, -0.25) is 24.0 Å². The number of carboxylic acids is 2. The second-order valence-electron chi connectivity index (χ2n) is 8.18. The highest BCUT2D eigenvalue weighted by Gasteiger charge is 2.32. The molecule has 194 valence electrons. The Morgan fingerprint density at radius 2 is 1.41 bits per heavy atom. The Kier molecular flexibility index (Phi) is 14.1. The number of rotatable bonds is 17. The molecule has 0 aliphatic carbocycles. The maximum atomic E-state index is 12.9. The summed E-state index contributed by atoms with van der Waals surface area (Å²) in [6, 6.07) is -5.13. The number of nitrogens with one attached hydrogen (secondary N) is 3. The second kappa shape index (κ2) is 15.6. The zero-order valence-electron chi connectivity index (χ0n) is 19.4. The minimum atomic E-state index is -1.71. The maximum absolute atomic E-state index is 12.9. The van der Waals surface area contributed by atoms with Gasteiger partial charge in [-0.15, -0.1) is 0 Å². The predicted molar refractivity (Wildman–Crippen MR) is 120 cm³/mol. The van der Waals surface area contributed by atoms with Crippen LogP contribution < -0.4 is 33.2 Å². The maximum Gasteiger partial charge on any atom is 0.326 e. The first-order chi connectivity index (χ1) is 15.8. The summed E-state index contributed by atoms with van der Waals surface area (Å²) in [5.41, 5.74) is 16.4. The van der Waals surface area contributed by atoms with Gasteiger partial charge in [0, 0.05) is 6.42 Å². The number of hydrogen-bond donors (Lipinski definition) is 8. The molecule has 0 saturated heterocycles.